The zero-order valence-corrected chi connectivity index (χ0v) is 21.4. The maximum absolute atomic E-state index is 6.40. The molecule has 0 aliphatic heterocycles. The number of rotatable bonds is 7. The number of nitrogens with zero attached hydrogens (tertiary/aromatic N) is 1. The quantitative estimate of drug-likeness (QED) is 0.499. The first kappa shape index (κ1) is 24.9. The molecule has 0 aromatic carbocycles. The molecule has 0 aliphatic carbocycles. The predicted molar refractivity (Wildman–Crippen MR) is 111 cm³/mol. The van der Waals surface area contributed by atoms with Gasteiger partial charge in [-0.05, 0) is 0 Å². The SMILES string of the molecule is CC[O][Ti]([O]CC)([O]CC)[n]1c(C(C)(C)C)cc(C(C)(C)C)c1C(C)(C)C. The van der Waals surface area contributed by atoms with Crippen molar-refractivity contribution < 1.29 is 28.0 Å². The van der Waals surface area contributed by atoms with Crippen molar-refractivity contribution in [3.05, 3.63) is 23.0 Å². The zero-order chi connectivity index (χ0) is 21.3. The molecule has 158 valence electrons. The molecule has 1 aromatic rings. The van der Waals surface area contributed by atoms with Gasteiger partial charge in [0.2, 0.25) is 0 Å². The zero-order valence-electron chi connectivity index (χ0n) is 19.9. The van der Waals surface area contributed by atoms with E-state index >= 15 is 0 Å². The van der Waals surface area contributed by atoms with E-state index < -0.39 is 18.0 Å². The fourth-order valence-electron chi connectivity index (χ4n) is 3.52. The molecule has 0 spiro atoms. The molecular weight excluding hydrogens is 374 g/mol. The van der Waals surface area contributed by atoms with E-state index in [1.165, 1.54) is 17.0 Å². The molecule has 0 amide bonds. The van der Waals surface area contributed by atoms with Crippen LogP contribution in [0.4, 0.5) is 0 Å². The van der Waals surface area contributed by atoms with E-state index in [2.05, 4.69) is 71.4 Å². The van der Waals surface area contributed by atoms with Gasteiger partial charge in [-0.1, -0.05) is 0 Å². The van der Waals surface area contributed by atoms with Gasteiger partial charge in [0.25, 0.3) is 0 Å². The minimum absolute atomic E-state index is 0.0203. The second-order valence-corrected chi connectivity index (χ2v) is 13.9. The Bertz CT molecular complexity index is 598. The van der Waals surface area contributed by atoms with E-state index in [4.69, 9.17) is 9.96 Å². The molecule has 0 aliphatic rings. The summed E-state index contributed by atoms with van der Waals surface area (Å²) in [5, 5.41) is 0. The first-order valence-electron chi connectivity index (χ1n) is 10.3. The summed E-state index contributed by atoms with van der Waals surface area (Å²) in [6, 6.07) is 2.37. The van der Waals surface area contributed by atoms with E-state index in [1.807, 2.05) is 20.8 Å². The Morgan fingerprint density at radius 1 is 0.704 bits per heavy atom. The Labute approximate surface area is 173 Å². The fourth-order valence-corrected chi connectivity index (χ4v) is 8.45. The van der Waals surface area contributed by atoms with Crippen molar-refractivity contribution in [2.45, 2.75) is 99.3 Å². The molecule has 1 heterocycles. The molecule has 1 rings (SSSR count). The molecule has 0 fully saturated rings. The third kappa shape index (κ3) is 5.48. The Hall–Kier alpha value is -0.126. The Kier molecular flexibility index (Phi) is 8.04. The van der Waals surface area contributed by atoms with Gasteiger partial charge in [0.1, 0.15) is 0 Å². The third-order valence-corrected chi connectivity index (χ3v) is 9.18. The van der Waals surface area contributed by atoms with Gasteiger partial charge in [0.05, 0.1) is 0 Å². The van der Waals surface area contributed by atoms with Crippen LogP contribution in [-0.4, -0.2) is 22.9 Å². The van der Waals surface area contributed by atoms with Gasteiger partial charge >= 0.3 is 173 Å². The van der Waals surface area contributed by atoms with Crippen LogP contribution in [0.5, 0.6) is 0 Å². The molecule has 27 heavy (non-hydrogen) atoms. The topological polar surface area (TPSA) is 32.6 Å². The summed E-state index contributed by atoms with van der Waals surface area (Å²) in [4.78, 5) is 0. The maximum atomic E-state index is 6.40. The first-order chi connectivity index (χ1) is 12.2. The molecular formula is C22H43NO3Ti. The van der Waals surface area contributed by atoms with Crippen LogP contribution in [0.2, 0.25) is 0 Å². The molecule has 4 nitrogen and oxygen atoms in total. The summed E-state index contributed by atoms with van der Waals surface area (Å²) in [5.74, 6) is 0. The predicted octanol–water partition coefficient (Wildman–Crippen LogP) is 6.15. The molecule has 0 bridgehead atoms. The van der Waals surface area contributed by atoms with Gasteiger partial charge in [-0.25, -0.2) is 0 Å². The van der Waals surface area contributed by atoms with Crippen LogP contribution in [0, 0.1) is 0 Å². The number of hydrogen-bond donors (Lipinski definition) is 0. The van der Waals surface area contributed by atoms with Crippen LogP contribution in [0.15, 0.2) is 6.07 Å². The van der Waals surface area contributed by atoms with Crippen molar-refractivity contribution in [2.75, 3.05) is 19.8 Å². The van der Waals surface area contributed by atoms with Gasteiger partial charge in [-0.2, -0.15) is 0 Å². The number of hydrogen-bond acceptors (Lipinski definition) is 3. The van der Waals surface area contributed by atoms with Crippen molar-refractivity contribution in [3.8, 4) is 0 Å². The standard InChI is InChI=1S/C16H28N.3C2H5O.Ti/c1-14(2,3)11-10-12(15(4,5)6)17-13(11)16(7,8)9;3*1-2-3;/h10H,1-9H3;3*2H2,1H3;/q4*-1;+4. The van der Waals surface area contributed by atoms with Crippen LogP contribution < -0.4 is 0 Å². The van der Waals surface area contributed by atoms with Gasteiger partial charge in [0, 0.05) is 0 Å². The number of aromatic nitrogens is 1. The molecule has 1 aromatic heterocycles. The van der Waals surface area contributed by atoms with E-state index in [-0.39, 0.29) is 16.2 Å². The average Bonchev–Trinajstić information content (AvgIpc) is 2.89. The van der Waals surface area contributed by atoms with Crippen molar-refractivity contribution in [1.82, 2.24) is 3.05 Å². The molecule has 0 unspecified atom stereocenters. The summed E-state index contributed by atoms with van der Waals surface area (Å²) in [7, 11) is 0. The van der Waals surface area contributed by atoms with E-state index in [0.29, 0.717) is 19.8 Å². The van der Waals surface area contributed by atoms with Gasteiger partial charge in [-0.3, -0.25) is 0 Å². The van der Waals surface area contributed by atoms with Gasteiger partial charge in [0.15, 0.2) is 0 Å². The summed E-state index contributed by atoms with van der Waals surface area (Å²) < 4.78 is 21.6. The third-order valence-electron chi connectivity index (χ3n) is 4.54. The van der Waals surface area contributed by atoms with E-state index in [0.717, 1.165) is 0 Å². The second kappa shape index (κ2) is 8.71. The summed E-state index contributed by atoms with van der Waals surface area (Å²) in [6.07, 6.45) is 0. The van der Waals surface area contributed by atoms with Crippen LogP contribution in [0.1, 0.15) is 100 Å². The molecule has 0 saturated heterocycles. The summed E-state index contributed by atoms with van der Waals surface area (Å²) >= 11 is -3.77. The van der Waals surface area contributed by atoms with Crippen LogP contribution >= 0.6 is 0 Å². The van der Waals surface area contributed by atoms with Gasteiger partial charge < -0.3 is 0 Å². The summed E-state index contributed by atoms with van der Waals surface area (Å²) in [6.45, 7) is 28.3. The molecule has 0 radical (unpaired) electrons. The van der Waals surface area contributed by atoms with Crippen LogP contribution in [0.25, 0.3) is 0 Å². The van der Waals surface area contributed by atoms with Crippen molar-refractivity contribution in [2.24, 2.45) is 0 Å². The second-order valence-electron chi connectivity index (χ2n) is 10.2. The molecule has 5 heteroatoms. The van der Waals surface area contributed by atoms with E-state index in [9.17, 15) is 0 Å². The van der Waals surface area contributed by atoms with Crippen molar-refractivity contribution in [1.29, 1.82) is 0 Å². The van der Waals surface area contributed by atoms with Gasteiger partial charge in [-0.15, -0.1) is 0 Å². The molecule has 0 atom stereocenters. The van der Waals surface area contributed by atoms with Crippen LogP contribution in [-0.2, 0) is 44.2 Å². The fraction of sp³-hybridized carbons (Fsp3) is 0.818. The van der Waals surface area contributed by atoms with Crippen molar-refractivity contribution >= 4 is 0 Å². The Balaban J connectivity index is 4.09. The Morgan fingerprint density at radius 2 is 1.11 bits per heavy atom. The average molecular weight is 417 g/mol. The van der Waals surface area contributed by atoms with Crippen LogP contribution in [0.3, 0.4) is 0 Å². The first-order valence-corrected chi connectivity index (χ1v) is 13.0. The Morgan fingerprint density at radius 3 is 1.37 bits per heavy atom. The molecule has 0 saturated carbocycles. The van der Waals surface area contributed by atoms with Crippen molar-refractivity contribution in [3.63, 3.8) is 0 Å². The molecule has 0 N–H and O–H groups in total. The monoisotopic (exact) mass is 417 g/mol. The van der Waals surface area contributed by atoms with E-state index in [1.54, 1.807) is 0 Å². The summed E-state index contributed by atoms with van der Waals surface area (Å²) in [5.41, 5.74) is 3.79. The minimum atomic E-state index is -3.77. The normalized spacial score (nSPS) is 14.1.